The van der Waals surface area contributed by atoms with Gasteiger partial charge in [0.15, 0.2) is 0 Å². The summed E-state index contributed by atoms with van der Waals surface area (Å²) < 4.78 is 30.5. The summed E-state index contributed by atoms with van der Waals surface area (Å²) in [5, 5.41) is 0. The number of unbranched alkanes of at least 4 members (excludes halogenated alkanes) is 3. The van der Waals surface area contributed by atoms with E-state index < -0.39 is 12.5 Å². The molecule has 0 atom stereocenters. The number of hydrogen-bond acceptors (Lipinski definition) is 1. The molecular formula is C12H26F2O. The van der Waals surface area contributed by atoms with Crippen LogP contribution >= 0.6 is 0 Å². The van der Waals surface area contributed by atoms with Gasteiger partial charge in [-0.15, -0.1) is 0 Å². The Balaban J connectivity index is 0. The highest BCUT2D eigenvalue weighted by Gasteiger charge is 2.27. The molecule has 0 fully saturated rings. The fourth-order valence-corrected chi connectivity index (χ4v) is 1.13. The number of rotatable bonds is 8. The van der Waals surface area contributed by atoms with Gasteiger partial charge in [0.25, 0.3) is 5.92 Å². The van der Waals surface area contributed by atoms with Crippen molar-refractivity contribution in [2.24, 2.45) is 0 Å². The van der Waals surface area contributed by atoms with Crippen LogP contribution in [0.15, 0.2) is 0 Å². The summed E-state index contributed by atoms with van der Waals surface area (Å²) in [6.45, 7) is 7.74. The lowest BCUT2D eigenvalue weighted by Crippen LogP contribution is -2.23. The van der Waals surface area contributed by atoms with Gasteiger partial charge in [-0.1, -0.05) is 40.0 Å². The molecule has 0 saturated heterocycles. The molecule has 0 aromatic rings. The molecule has 0 saturated carbocycles. The Morgan fingerprint density at radius 1 is 1.00 bits per heavy atom. The third-order valence-corrected chi connectivity index (χ3v) is 1.91. The minimum atomic E-state index is -2.62. The van der Waals surface area contributed by atoms with E-state index in [-0.39, 0.29) is 6.42 Å². The Morgan fingerprint density at radius 2 is 1.60 bits per heavy atom. The largest absolute Gasteiger partial charge is 0.375 e. The van der Waals surface area contributed by atoms with Gasteiger partial charge in [-0.2, -0.15) is 0 Å². The molecule has 0 aromatic heterocycles. The van der Waals surface area contributed by atoms with Crippen molar-refractivity contribution in [1.29, 1.82) is 0 Å². The van der Waals surface area contributed by atoms with Crippen molar-refractivity contribution < 1.29 is 13.5 Å². The Labute approximate surface area is 93.2 Å². The van der Waals surface area contributed by atoms with Crippen LogP contribution in [0.4, 0.5) is 8.78 Å². The predicted octanol–water partition coefficient (Wildman–Crippen LogP) is 4.65. The van der Waals surface area contributed by atoms with Crippen LogP contribution < -0.4 is 0 Å². The first-order valence-electron chi connectivity index (χ1n) is 6.08. The lowest BCUT2D eigenvalue weighted by atomic mass is 10.1. The van der Waals surface area contributed by atoms with Gasteiger partial charge in [0.2, 0.25) is 0 Å². The minimum absolute atomic E-state index is 0.0347. The zero-order chi connectivity index (χ0) is 12.2. The molecule has 0 N–H and O–H groups in total. The van der Waals surface area contributed by atoms with Gasteiger partial charge in [-0.3, -0.25) is 0 Å². The monoisotopic (exact) mass is 224 g/mol. The lowest BCUT2D eigenvalue weighted by molar-refractivity contribution is -0.0810. The average Bonchev–Trinajstić information content (AvgIpc) is 2.25. The van der Waals surface area contributed by atoms with E-state index in [1.54, 1.807) is 6.92 Å². The Bertz CT molecular complexity index is 116. The van der Waals surface area contributed by atoms with Crippen LogP contribution in [0.3, 0.4) is 0 Å². The van der Waals surface area contributed by atoms with E-state index in [0.29, 0.717) is 13.0 Å². The highest BCUT2D eigenvalue weighted by Crippen LogP contribution is 2.22. The number of hydrogen-bond donors (Lipinski definition) is 0. The third-order valence-electron chi connectivity index (χ3n) is 1.91. The van der Waals surface area contributed by atoms with Gasteiger partial charge in [0.1, 0.15) is 6.61 Å². The average molecular weight is 224 g/mol. The molecule has 0 bridgehead atoms. The van der Waals surface area contributed by atoms with Gasteiger partial charge in [0.05, 0.1) is 0 Å². The molecule has 0 aromatic carbocycles. The van der Waals surface area contributed by atoms with E-state index in [9.17, 15) is 8.78 Å². The van der Waals surface area contributed by atoms with E-state index in [0.717, 1.165) is 19.3 Å². The van der Waals surface area contributed by atoms with Crippen molar-refractivity contribution in [3.63, 3.8) is 0 Å². The fraction of sp³-hybridized carbons (Fsp3) is 1.00. The molecule has 0 aliphatic heterocycles. The summed E-state index contributed by atoms with van der Waals surface area (Å²) >= 11 is 0. The Morgan fingerprint density at radius 3 is 2.07 bits per heavy atom. The molecule has 0 heterocycles. The molecule has 1 nitrogen and oxygen atoms in total. The van der Waals surface area contributed by atoms with Crippen LogP contribution in [0, 0.1) is 0 Å². The van der Waals surface area contributed by atoms with Crippen LogP contribution in [-0.4, -0.2) is 19.1 Å². The fourth-order valence-electron chi connectivity index (χ4n) is 1.13. The van der Waals surface area contributed by atoms with E-state index in [1.165, 1.54) is 0 Å². The zero-order valence-electron chi connectivity index (χ0n) is 10.6. The lowest BCUT2D eigenvalue weighted by Gasteiger charge is -2.15. The second kappa shape index (κ2) is 11.9. The summed E-state index contributed by atoms with van der Waals surface area (Å²) in [7, 11) is 0. The highest BCUT2D eigenvalue weighted by atomic mass is 19.3. The number of alkyl halides is 2. The van der Waals surface area contributed by atoms with E-state index in [2.05, 4.69) is 6.92 Å². The maximum atomic E-state index is 12.9. The van der Waals surface area contributed by atoms with E-state index in [4.69, 9.17) is 4.74 Å². The van der Waals surface area contributed by atoms with Crippen molar-refractivity contribution in [3.05, 3.63) is 0 Å². The van der Waals surface area contributed by atoms with Crippen molar-refractivity contribution in [2.75, 3.05) is 13.2 Å². The summed E-state index contributed by atoms with van der Waals surface area (Å²) in [4.78, 5) is 0. The first-order chi connectivity index (χ1) is 7.12. The number of halogens is 2. The quantitative estimate of drug-likeness (QED) is 0.545. The minimum Gasteiger partial charge on any atom is -0.375 e. The van der Waals surface area contributed by atoms with Crippen molar-refractivity contribution in [2.45, 2.75) is 65.7 Å². The van der Waals surface area contributed by atoms with Crippen LogP contribution in [0.25, 0.3) is 0 Å². The first-order valence-corrected chi connectivity index (χ1v) is 6.08. The molecule has 3 heteroatoms. The molecule has 0 amide bonds. The van der Waals surface area contributed by atoms with Crippen molar-refractivity contribution >= 4 is 0 Å². The molecular weight excluding hydrogens is 198 g/mol. The number of ether oxygens (including phenoxy) is 1. The van der Waals surface area contributed by atoms with Gasteiger partial charge in [-0.05, 0) is 13.3 Å². The van der Waals surface area contributed by atoms with Crippen LogP contribution in [-0.2, 0) is 4.74 Å². The normalized spacial score (nSPS) is 10.8. The third kappa shape index (κ3) is 13.8. The summed E-state index contributed by atoms with van der Waals surface area (Å²) in [5.74, 6) is -2.62. The SMILES string of the molecule is CC.CCCCCCC(F)(F)COCC. The molecule has 15 heavy (non-hydrogen) atoms. The van der Waals surface area contributed by atoms with Gasteiger partial charge in [-0.25, -0.2) is 8.78 Å². The van der Waals surface area contributed by atoms with E-state index in [1.807, 2.05) is 13.8 Å². The molecule has 0 spiro atoms. The molecule has 0 radical (unpaired) electrons. The molecule has 94 valence electrons. The van der Waals surface area contributed by atoms with E-state index >= 15 is 0 Å². The summed E-state index contributed by atoms with van der Waals surface area (Å²) in [6.07, 6.45) is 3.60. The molecule has 0 aliphatic carbocycles. The first kappa shape index (κ1) is 17.2. The Kier molecular flexibility index (Phi) is 13.7. The maximum absolute atomic E-state index is 12.9. The van der Waals surface area contributed by atoms with Gasteiger partial charge >= 0.3 is 0 Å². The van der Waals surface area contributed by atoms with Crippen LogP contribution in [0.5, 0.6) is 0 Å². The molecule has 0 aliphatic rings. The van der Waals surface area contributed by atoms with Gasteiger partial charge < -0.3 is 4.74 Å². The van der Waals surface area contributed by atoms with Gasteiger partial charge in [0, 0.05) is 13.0 Å². The van der Waals surface area contributed by atoms with Crippen molar-refractivity contribution in [1.82, 2.24) is 0 Å². The second-order valence-electron chi connectivity index (χ2n) is 3.30. The Hall–Kier alpha value is -0.180. The predicted molar refractivity (Wildman–Crippen MR) is 61.5 cm³/mol. The summed E-state index contributed by atoms with van der Waals surface area (Å²) in [6, 6.07) is 0. The zero-order valence-corrected chi connectivity index (χ0v) is 10.6. The standard InChI is InChI=1S/C10H20F2O.C2H6/c1-3-5-6-7-8-10(11,12)9-13-4-2;1-2/h3-9H2,1-2H3;1-2H3. The highest BCUT2D eigenvalue weighted by molar-refractivity contribution is 4.64. The van der Waals surface area contributed by atoms with Crippen molar-refractivity contribution in [3.8, 4) is 0 Å². The maximum Gasteiger partial charge on any atom is 0.270 e. The second-order valence-corrected chi connectivity index (χ2v) is 3.30. The van der Waals surface area contributed by atoms with Crippen LogP contribution in [0.2, 0.25) is 0 Å². The topological polar surface area (TPSA) is 9.23 Å². The van der Waals surface area contributed by atoms with Crippen LogP contribution in [0.1, 0.15) is 59.8 Å². The smallest absolute Gasteiger partial charge is 0.270 e. The molecule has 0 rings (SSSR count). The molecule has 0 unspecified atom stereocenters. The summed E-state index contributed by atoms with van der Waals surface area (Å²) in [5.41, 5.74) is 0.